The molecule has 2 aliphatic heterocycles. The third-order valence-corrected chi connectivity index (χ3v) is 8.51. The number of aromatic nitrogens is 1. The lowest BCUT2D eigenvalue weighted by Crippen LogP contribution is -2.32. The molecule has 4 aromatic rings. The minimum atomic E-state index is -0.719. The lowest BCUT2D eigenvalue weighted by molar-refractivity contribution is -0.122. The number of carbonyl (C=O) groups is 2. The average molecular weight is 505 g/mol. The summed E-state index contributed by atoms with van der Waals surface area (Å²) in [6, 6.07) is 22.0. The molecule has 2 amide bonds. The molecule has 1 fully saturated rings. The summed E-state index contributed by atoms with van der Waals surface area (Å²) in [4.78, 5) is 43.8. The third-order valence-electron chi connectivity index (χ3n) is 6.10. The number of aromatic amines is 1. The summed E-state index contributed by atoms with van der Waals surface area (Å²) in [5.41, 5.74) is 1.10. The van der Waals surface area contributed by atoms with Crippen LogP contribution in [-0.2, 0) is 9.59 Å². The Morgan fingerprint density at radius 1 is 0.857 bits per heavy atom. The first-order chi connectivity index (χ1) is 17.0. The van der Waals surface area contributed by atoms with Crippen LogP contribution < -0.4 is 14.5 Å². The summed E-state index contributed by atoms with van der Waals surface area (Å²) < 4.78 is 19.5. The molecule has 3 aromatic carbocycles. The van der Waals surface area contributed by atoms with E-state index in [1.54, 1.807) is 0 Å². The molecule has 0 spiro atoms. The van der Waals surface area contributed by atoms with Crippen LogP contribution in [0, 0.1) is 11.7 Å². The van der Waals surface area contributed by atoms with E-state index in [0.717, 1.165) is 26.7 Å². The molecule has 0 bridgehead atoms. The van der Waals surface area contributed by atoms with Crippen LogP contribution in [-0.4, -0.2) is 22.0 Å². The van der Waals surface area contributed by atoms with E-state index in [1.807, 2.05) is 54.6 Å². The van der Waals surface area contributed by atoms with E-state index >= 15 is 0 Å². The van der Waals surface area contributed by atoms with Gasteiger partial charge in [0.05, 0.1) is 16.6 Å². The first-order valence-electron chi connectivity index (χ1n) is 10.9. The summed E-state index contributed by atoms with van der Waals surface area (Å²) in [6.45, 7) is 0. The molecule has 3 heterocycles. The van der Waals surface area contributed by atoms with Crippen molar-refractivity contribution in [2.75, 3.05) is 4.90 Å². The van der Waals surface area contributed by atoms with Crippen molar-refractivity contribution in [3.05, 3.63) is 105 Å². The molecule has 3 atom stereocenters. The predicted octanol–water partition coefficient (Wildman–Crippen LogP) is 5.16. The monoisotopic (exact) mass is 504 g/mol. The molecular formula is C26H17FN2O4S2. The van der Waals surface area contributed by atoms with Crippen LogP contribution in [0.2, 0.25) is 0 Å². The maximum absolute atomic E-state index is 13.7. The second-order valence-electron chi connectivity index (χ2n) is 8.23. The molecule has 35 heavy (non-hydrogen) atoms. The first kappa shape index (κ1) is 21.8. The predicted molar refractivity (Wildman–Crippen MR) is 132 cm³/mol. The zero-order valence-electron chi connectivity index (χ0n) is 18.0. The number of fused-ring (bicyclic) bond motifs is 2. The van der Waals surface area contributed by atoms with E-state index in [2.05, 4.69) is 4.98 Å². The van der Waals surface area contributed by atoms with E-state index in [9.17, 15) is 18.8 Å². The number of hydrogen-bond donors (Lipinski definition) is 1. The van der Waals surface area contributed by atoms with Gasteiger partial charge in [0.25, 0.3) is 0 Å². The molecule has 174 valence electrons. The van der Waals surface area contributed by atoms with E-state index in [0.29, 0.717) is 22.2 Å². The van der Waals surface area contributed by atoms with Gasteiger partial charge in [-0.25, -0.2) is 9.29 Å². The van der Waals surface area contributed by atoms with Crippen molar-refractivity contribution in [3.8, 4) is 11.5 Å². The number of thioether (sulfide) groups is 1. The lowest BCUT2D eigenvalue weighted by atomic mass is 9.83. The average Bonchev–Trinajstić information content (AvgIpc) is 3.35. The highest BCUT2D eigenvalue weighted by Crippen LogP contribution is 2.53. The number of halogens is 1. The number of hydrogen-bond acceptors (Lipinski definition) is 6. The molecular weight excluding hydrogens is 487 g/mol. The smallest absolute Gasteiger partial charge is 0.305 e. The van der Waals surface area contributed by atoms with Gasteiger partial charge in [-0.3, -0.25) is 14.4 Å². The maximum atomic E-state index is 13.7. The largest absolute Gasteiger partial charge is 0.457 e. The summed E-state index contributed by atoms with van der Waals surface area (Å²) >= 11 is 2.25. The first-order valence-corrected chi connectivity index (χ1v) is 12.5. The Labute approximate surface area is 207 Å². The van der Waals surface area contributed by atoms with Gasteiger partial charge in [0.15, 0.2) is 0 Å². The van der Waals surface area contributed by atoms with Gasteiger partial charge in [0.1, 0.15) is 22.6 Å². The van der Waals surface area contributed by atoms with Crippen molar-refractivity contribution < 1.29 is 18.7 Å². The van der Waals surface area contributed by atoms with Crippen molar-refractivity contribution in [2.24, 2.45) is 5.92 Å². The van der Waals surface area contributed by atoms with Gasteiger partial charge in [-0.1, -0.05) is 53.4 Å². The highest BCUT2D eigenvalue weighted by molar-refractivity contribution is 8.00. The highest BCUT2D eigenvalue weighted by Gasteiger charge is 2.56. The second kappa shape index (κ2) is 8.51. The fourth-order valence-electron chi connectivity index (χ4n) is 4.62. The Bertz CT molecular complexity index is 1500. The van der Waals surface area contributed by atoms with Gasteiger partial charge in [0, 0.05) is 10.8 Å². The Balaban J connectivity index is 1.43. The number of ether oxygens (including phenoxy) is 1. The third kappa shape index (κ3) is 3.77. The molecule has 9 heteroatoms. The topological polar surface area (TPSA) is 79.5 Å². The summed E-state index contributed by atoms with van der Waals surface area (Å²) in [6.07, 6.45) is 0. The van der Waals surface area contributed by atoms with E-state index < -0.39 is 22.9 Å². The van der Waals surface area contributed by atoms with E-state index in [4.69, 9.17) is 4.74 Å². The van der Waals surface area contributed by atoms with E-state index in [-0.39, 0.29) is 16.7 Å². The van der Waals surface area contributed by atoms with Gasteiger partial charge in [-0.15, -0.1) is 0 Å². The molecule has 0 saturated carbocycles. The van der Waals surface area contributed by atoms with Crippen molar-refractivity contribution in [1.82, 2.24) is 4.98 Å². The van der Waals surface area contributed by atoms with Crippen LogP contribution in [0.4, 0.5) is 10.1 Å². The fourth-order valence-corrected chi connectivity index (χ4v) is 7.13. The SMILES string of the molecule is O=C1C2Sc3[nH]c(=O)sc3C(c3cccc(Oc4ccccc4)c3)C2C(=O)N1c1ccc(F)cc1. The molecule has 1 N–H and O–H groups in total. The van der Waals surface area contributed by atoms with Gasteiger partial charge in [-0.2, -0.15) is 0 Å². The summed E-state index contributed by atoms with van der Waals surface area (Å²) in [5, 5.41) is -0.114. The fraction of sp³-hybridized carbons (Fsp3) is 0.115. The number of nitrogens with zero attached hydrogens (tertiary/aromatic N) is 1. The maximum Gasteiger partial charge on any atom is 0.305 e. The molecule has 1 saturated heterocycles. The van der Waals surface area contributed by atoms with Crippen molar-refractivity contribution in [1.29, 1.82) is 0 Å². The van der Waals surface area contributed by atoms with Gasteiger partial charge in [0.2, 0.25) is 11.8 Å². The zero-order valence-corrected chi connectivity index (χ0v) is 19.6. The standard InChI is InChI=1S/C26H17FN2O4S2/c27-15-9-11-16(12-10-15)29-24(30)20-19(21-23(28-26(32)35-21)34-22(20)25(29)31)14-5-4-8-18(13-14)33-17-6-2-1-3-7-17/h1-13,19-20,22H,(H,28,32). The molecule has 6 rings (SSSR count). The summed E-state index contributed by atoms with van der Waals surface area (Å²) in [5.74, 6) is -1.18. The molecule has 2 aliphatic rings. The van der Waals surface area contributed by atoms with Gasteiger partial charge in [-0.05, 0) is 54.1 Å². The normalized spacial score (nSPS) is 21.1. The Kier molecular flexibility index (Phi) is 5.31. The molecule has 6 nitrogen and oxygen atoms in total. The van der Waals surface area contributed by atoms with Gasteiger partial charge >= 0.3 is 4.87 Å². The molecule has 0 aliphatic carbocycles. The van der Waals surface area contributed by atoms with Crippen molar-refractivity contribution >= 4 is 40.6 Å². The minimum Gasteiger partial charge on any atom is -0.457 e. The molecule has 1 aromatic heterocycles. The number of H-pyrrole nitrogens is 1. The minimum absolute atomic E-state index is 0.237. The Morgan fingerprint density at radius 3 is 2.37 bits per heavy atom. The number of amides is 2. The van der Waals surface area contributed by atoms with Crippen molar-refractivity contribution in [3.63, 3.8) is 0 Å². The highest BCUT2D eigenvalue weighted by atomic mass is 32.2. The van der Waals surface area contributed by atoms with Crippen LogP contribution in [0.5, 0.6) is 11.5 Å². The molecule has 3 unspecified atom stereocenters. The summed E-state index contributed by atoms with van der Waals surface area (Å²) in [7, 11) is 0. The number of carbonyl (C=O) groups excluding carboxylic acids is 2. The quantitative estimate of drug-likeness (QED) is 0.388. The van der Waals surface area contributed by atoms with Crippen LogP contribution in [0.25, 0.3) is 0 Å². The Hall–Kier alpha value is -3.69. The number of anilines is 1. The lowest BCUT2D eigenvalue weighted by Gasteiger charge is -2.30. The van der Waals surface area contributed by atoms with Crippen LogP contribution in [0.3, 0.4) is 0 Å². The van der Waals surface area contributed by atoms with Crippen LogP contribution in [0.1, 0.15) is 16.4 Å². The van der Waals surface area contributed by atoms with Crippen LogP contribution in [0.15, 0.2) is 88.7 Å². The van der Waals surface area contributed by atoms with Crippen molar-refractivity contribution in [2.45, 2.75) is 16.2 Å². The number of rotatable bonds is 4. The number of nitrogens with one attached hydrogen (secondary N) is 1. The second-order valence-corrected chi connectivity index (χ2v) is 10.4. The number of thiazole rings is 1. The zero-order chi connectivity index (χ0) is 24.1. The number of para-hydroxylation sites is 1. The number of benzene rings is 3. The van der Waals surface area contributed by atoms with Gasteiger partial charge < -0.3 is 9.72 Å². The van der Waals surface area contributed by atoms with E-state index in [1.165, 1.54) is 36.0 Å². The number of imide groups is 1. The Morgan fingerprint density at radius 2 is 1.60 bits per heavy atom. The van der Waals surface area contributed by atoms with Crippen LogP contribution >= 0.6 is 23.1 Å². The molecule has 0 radical (unpaired) electrons.